The zero-order valence-electron chi connectivity index (χ0n) is 12.5. The van der Waals surface area contributed by atoms with Gasteiger partial charge < -0.3 is 9.88 Å². The van der Waals surface area contributed by atoms with Crippen LogP contribution in [-0.4, -0.2) is 10.5 Å². The maximum Gasteiger partial charge on any atom is 0.226 e. The minimum absolute atomic E-state index is 0.112. The monoisotopic (exact) mass is 308 g/mol. The highest BCUT2D eigenvalue weighted by Crippen LogP contribution is 2.23. The highest BCUT2D eigenvalue weighted by Gasteiger charge is 2.18. The van der Waals surface area contributed by atoms with E-state index in [1.165, 1.54) is 12.1 Å². The highest BCUT2D eigenvalue weighted by atomic mass is 19.1. The lowest BCUT2D eigenvalue weighted by molar-refractivity contribution is -0.116. The first kappa shape index (κ1) is 15.0. The van der Waals surface area contributed by atoms with E-state index in [2.05, 4.69) is 5.32 Å². The van der Waals surface area contributed by atoms with E-state index in [-0.39, 0.29) is 24.2 Å². The van der Waals surface area contributed by atoms with Crippen LogP contribution in [0, 0.1) is 5.82 Å². The predicted molar refractivity (Wildman–Crippen MR) is 88.7 cm³/mol. The molecule has 2 aromatic carbocycles. The van der Waals surface area contributed by atoms with Gasteiger partial charge in [-0.15, -0.1) is 0 Å². The summed E-state index contributed by atoms with van der Waals surface area (Å²) >= 11 is 0. The smallest absolute Gasteiger partial charge is 0.226 e. The van der Waals surface area contributed by atoms with Crippen LogP contribution >= 0.6 is 0 Å². The highest BCUT2D eigenvalue weighted by molar-refractivity contribution is 5.91. The van der Waals surface area contributed by atoms with Crippen LogP contribution in [0.1, 0.15) is 18.0 Å². The first-order valence-corrected chi connectivity index (χ1v) is 7.45. The maximum absolute atomic E-state index is 13.5. The van der Waals surface area contributed by atoms with Crippen molar-refractivity contribution in [3.05, 3.63) is 90.5 Å². The zero-order valence-corrected chi connectivity index (χ0v) is 12.5. The van der Waals surface area contributed by atoms with Gasteiger partial charge in [0.05, 0.1) is 12.5 Å². The van der Waals surface area contributed by atoms with Crippen LogP contribution in [0.2, 0.25) is 0 Å². The van der Waals surface area contributed by atoms with Gasteiger partial charge in [0.2, 0.25) is 5.91 Å². The van der Waals surface area contributed by atoms with Gasteiger partial charge in [-0.05, 0) is 42.0 Å². The first-order valence-electron chi connectivity index (χ1n) is 7.45. The minimum Gasteiger partial charge on any atom is -0.346 e. The molecule has 0 aliphatic heterocycles. The van der Waals surface area contributed by atoms with Gasteiger partial charge >= 0.3 is 0 Å². The maximum atomic E-state index is 13.5. The zero-order chi connectivity index (χ0) is 16.1. The molecule has 3 aromatic rings. The summed E-state index contributed by atoms with van der Waals surface area (Å²) in [6, 6.07) is 19.2. The number of aromatic nitrogens is 1. The van der Waals surface area contributed by atoms with Gasteiger partial charge in [-0.3, -0.25) is 4.79 Å². The second-order valence-corrected chi connectivity index (χ2v) is 5.32. The fourth-order valence-electron chi connectivity index (χ4n) is 2.57. The molecule has 1 heterocycles. The third-order valence-corrected chi connectivity index (χ3v) is 3.66. The molecule has 116 valence electrons. The summed E-state index contributed by atoms with van der Waals surface area (Å²) in [4.78, 5) is 12.4. The average Bonchev–Trinajstić information content (AvgIpc) is 3.08. The second kappa shape index (κ2) is 6.92. The van der Waals surface area contributed by atoms with Crippen LogP contribution in [0.15, 0.2) is 79.1 Å². The van der Waals surface area contributed by atoms with Crippen LogP contribution in [0.4, 0.5) is 10.1 Å². The van der Waals surface area contributed by atoms with Crippen molar-refractivity contribution in [1.82, 2.24) is 4.57 Å². The quantitative estimate of drug-likeness (QED) is 0.751. The molecule has 4 heteroatoms. The van der Waals surface area contributed by atoms with Gasteiger partial charge in [0, 0.05) is 18.1 Å². The summed E-state index contributed by atoms with van der Waals surface area (Å²) in [6.07, 6.45) is 3.99. The normalized spacial score (nSPS) is 11.9. The number of para-hydroxylation sites is 1. The number of hydrogen-bond acceptors (Lipinski definition) is 1. The Hall–Kier alpha value is -2.88. The molecule has 1 amide bonds. The lowest BCUT2D eigenvalue weighted by Crippen LogP contribution is -2.19. The number of carbonyl (C=O) groups excluding carboxylic acids is 1. The van der Waals surface area contributed by atoms with E-state index < -0.39 is 0 Å². The summed E-state index contributed by atoms with van der Waals surface area (Å²) < 4.78 is 15.5. The molecule has 0 aliphatic rings. The Bertz CT molecular complexity index is 769. The largest absolute Gasteiger partial charge is 0.346 e. The van der Waals surface area contributed by atoms with Gasteiger partial charge in [-0.2, -0.15) is 0 Å². The molecule has 3 rings (SSSR count). The van der Waals surface area contributed by atoms with Crippen LogP contribution < -0.4 is 5.32 Å². The molecule has 0 saturated heterocycles. The van der Waals surface area contributed by atoms with Crippen LogP contribution in [0.3, 0.4) is 0 Å². The number of anilines is 1. The molecule has 1 atom stereocenters. The van der Waals surface area contributed by atoms with Crippen molar-refractivity contribution < 1.29 is 9.18 Å². The van der Waals surface area contributed by atoms with Crippen molar-refractivity contribution in [3.8, 4) is 0 Å². The molecular weight excluding hydrogens is 291 g/mol. The first-order chi connectivity index (χ1) is 11.2. The fraction of sp³-hybridized carbons (Fsp3) is 0.105. The van der Waals surface area contributed by atoms with Crippen LogP contribution in [0.25, 0.3) is 0 Å². The van der Waals surface area contributed by atoms with E-state index in [4.69, 9.17) is 0 Å². The van der Waals surface area contributed by atoms with Gasteiger partial charge in [0.1, 0.15) is 5.82 Å². The third kappa shape index (κ3) is 3.86. The lowest BCUT2D eigenvalue weighted by Gasteiger charge is -2.19. The van der Waals surface area contributed by atoms with E-state index in [1.807, 2.05) is 65.5 Å². The molecule has 0 spiro atoms. The van der Waals surface area contributed by atoms with Crippen LogP contribution in [0.5, 0.6) is 0 Å². The number of benzene rings is 2. The summed E-state index contributed by atoms with van der Waals surface area (Å²) in [7, 11) is 0. The number of nitrogens with one attached hydrogen (secondary N) is 1. The van der Waals surface area contributed by atoms with E-state index in [0.29, 0.717) is 0 Å². The third-order valence-electron chi connectivity index (χ3n) is 3.66. The number of nitrogens with zero attached hydrogens (tertiary/aromatic N) is 1. The van der Waals surface area contributed by atoms with Crippen molar-refractivity contribution in [2.24, 2.45) is 0 Å². The predicted octanol–water partition coefficient (Wildman–Crippen LogP) is 4.25. The number of carbonyl (C=O) groups is 1. The Labute approximate surface area is 134 Å². The Morgan fingerprint density at radius 3 is 2.43 bits per heavy atom. The SMILES string of the molecule is O=C(CC(c1cccc(F)c1)n1cccc1)Nc1ccccc1. The molecule has 0 fully saturated rings. The Morgan fingerprint density at radius 1 is 1.00 bits per heavy atom. The molecule has 1 unspecified atom stereocenters. The summed E-state index contributed by atoms with van der Waals surface area (Å²) in [5.41, 5.74) is 1.52. The van der Waals surface area contributed by atoms with Gasteiger partial charge in [0.15, 0.2) is 0 Å². The summed E-state index contributed by atoms with van der Waals surface area (Å²) in [5.74, 6) is -0.415. The molecule has 23 heavy (non-hydrogen) atoms. The fourth-order valence-corrected chi connectivity index (χ4v) is 2.57. The molecule has 3 nitrogen and oxygen atoms in total. The Morgan fingerprint density at radius 2 is 1.74 bits per heavy atom. The molecule has 0 bridgehead atoms. The second-order valence-electron chi connectivity index (χ2n) is 5.32. The van der Waals surface area contributed by atoms with E-state index in [9.17, 15) is 9.18 Å². The van der Waals surface area contributed by atoms with Crippen molar-refractivity contribution in [2.75, 3.05) is 5.32 Å². The van der Waals surface area contributed by atoms with Crippen LogP contribution in [-0.2, 0) is 4.79 Å². The molecule has 0 aliphatic carbocycles. The molecule has 0 radical (unpaired) electrons. The molecular formula is C19H17FN2O. The number of hydrogen-bond donors (Lipinski definition) is 1. The van der Waals surface area contributed by atoms with Crippen molar-refractivity contribution in [1.29, 1.82) is 0 Å². The van der Waals surface area contributed by atoms with Crippen molar-refractivity contribution in [3.63, 3.8) is 0 Å². The summed E-state index contributed by atoms with van der Waals surface area (Å²) in [5, 5.41) is 2.87. The molecule has 1 N–H and O–H groups in total. The number of halogens is 1. The Balaban J connectivity index is 1.81. The Kier molecular flexibility index (Phi) is 4.52. The topological polar surface area (TPSA) is 34.0 Å². The van der Waals surface area contributed by atoms with Crippen molar-refractivity contribution in [2.45, 2.75) is 12.5 Å². The van der Waals surface area contributed by atoms with E-state index in [1.54, 1.807) is 6.07 Å². The summed E-state index contributed by atoms with van der Waals surface area (Å²) in [6.45, 7) is 0. The van der Waals surface area contributed by atoms with E-state index in [0.717, 1.165) is 11.3 Å². The van der Waals surface area contributed by atoms with Crippen molar-refractivity contribution >= 4 is 11.6 Å². The molecule has 1 aromatic heterocycles. The standard InChI is InChI=1S/C19H17FN2O/c20-16-8-6-7-15(13-16)18(22-11-4-5-12-22)14-19(23)21-17-9-2-1-3-10-17/h1-13,18H,14H2,(H,21,23). The lowest BCUT2D eigenvalue weighted by atomic mass is 10.0. The van der Waals surface area contributed by atoms with Gasteiger partial charge in [0.25, 0.3) is 0 Å². The number of amides is 1. The van der Waals surface area contributed by atoms with E-state index >= 15 is 0 Å². The number of rotatable bonds is 5. The average molecular weight is 308 g/mol. The van der Waals surface area contributed by atoms with Gasteiger partial charge in [-0.25, -0.2) is 4.39 Å². The minimum atomic E-state index is -0.303. The van der Waals surface area contributed by atoms with Gasteiger partial charge in [-0.1, -0.05) is 30.3 Å². The molecule has 0 saturated carbocycles.